The lowest BCUT2D eigenvalue weighted by Crippen LogP contribution is -2.28. The largest absolute Gasteiger partial charge is 0.469 e. The Balaban J connectivity index is 1.56. The van der Waals surface area contributed by atoms with Crippen molar-refractivity contribution in [2.75, 3.05) is 31.7 Å². The van der Waals surface area contributed by atoms with E-state index in [9.17, 15) is 4.79 Å². The van der Waals surface area contributed by atoms with E-state index in [2.05, 4.69) is 5.32 Å². The van der Waals surface area contributed by atoms with Crippen molar-refractivity contribution in [1.82, 2.24) is 5.32 Å². The first-order chi connectivity index (χ1) is 8.74. The van der Waals surface area contributed by atoms with Crippen molar-refractivity contribution < 1.29 is 9.53 Å². The summed E-state index contributed by atoms with van der Waals surface area (Å²) in [5.74, 6) is 3.29. The van der Waals surface area contributed by atoms with Gasteiger partial charge in [0.1, 0.15) is 0 Å². The van der Waals surface area contributed by atoms with Gasteiger partial charge in [0.15, 0.2) is 0 Å². The molecule has 2 aliphatic rings. The van der Waals surface area contributed by atoms with E-state index in [-0.39, 0.29) is 5.97 Å². The van der Waals surface area contributed by atoms with Gasteiger partial charge in [-0.2, -0.15) is 11.8 Å². The third kappa shape index (κ3) is 4.47. The van der Waals surface area contributed by atoms with Crippen LogP contribution in [0, 0.1) is 11.3 Å². The molecule has 0 bridgehead atoms. The average molecular weight is 271 g/mol. The van der Waals surface area contributed by atoms with Crippen LogP contribution in [-0.4, -0.2) is 37.7 Å². The van der Waals surface area contributed by atoms with E-state index in [1.54, 1.807) is 0 Å². The highest BCUT2D eigenvalue weighted by Crippen LogP contribution is 2.51. The van der Waals surface area contributed by atoms with Crippen LogP contribution in [0.4, 0.5) is 0 Å². The Bertz CT molecular complexity index is 273. The van der Waals surface area contributed by atoms with Gasteiger partial charge in [-0.25, -0.2) is 0 Å². The number of carbonyl (C=O) groups is 1. The standard InChI is InChI=1S/C14H25NO2S/c1-17-13(16)10-14(5-6-14)11-18-9-4-12-2-7-15-8-3-12/h12,15H,2-11H2,1H3. The number of rotatable bonds is 7. The van der Waals surface area contributed by atoms with E-state index < -0.39 is 0 Å². The molecule has 2 rings (SSSR count). The van der Waals surface area contributed by atoms with Crippen molar-refractivity contribution in [3.63, 3.8) is 0 Å². The SMILES string of the molecule is COC(=O)CC1(CSCCC2CCNCC2)CC1. The summed E-state index contributed by atoms with van der Waals surface area (Å²) in [7, 11) is 1.49. The van der Waals surface area contributed by atoms with Crippen LogP contribution in [0.2, 0.25) is 0 Å². The number of thioether (sulfide) groups is 1. The van der Waals surface area contributed by atoms with Crippen LogP contribution in [-0.2, 0) is 9.53 Å². The molecule has 1 aliphatic carbocycles. The van der Waals surface area contributed by atoms with E-state index in [0.29, 0.717) is 11.8 Å². The first kappa shape index (κ1) is 14.2. The Labute approximate surface area is 114 Å². The molecular formula is C14H25NO2S. The zero-order valence-electron chi connectivity index (χ0n) is 11.4. The number of nitrogens with one attached hydrogen (secondary N) is 1. The number of hydrogen-bond donors (Lipinski definition) is 1. The molecule has 0 aromatic rings. The van der Waals surface area contributed by atoms with Crippen molar-refractivity contribution in [2.45, 2.75) is 38.5 Å². The number of esters is 1. The fraction of sp³-hybridized carbons (Fsp3) is 0.929. The van der Waals surface area contributed by atoms with Crippen molar-refractivity contribution in [1.29, 1.82) is 0 Å². The minimum absolute atomic E-state index is 0.0357. The molecule has 1 saturated heterocycles. The zero-order chi connectivity index (χ0) is 12.8. The quantitative estimate of drug-likeness (QED) is 0.570. The third-order valence-electron chi connectivity index (χ3n) is 4.24. The Morgan fingerprint density at radius 1 is 1.39 bits per heavy atom. The topological polar surface area (TPSA) is 38.3 Å². The summed E-state index contributed by atoms with van der Waals surface area (Å²) in [5, 5.41) is 3.41. The van der Waals surface area contributed by atoms with Gasteiger partial charge in [0, 0.05) is 0 Å². The Morgan fingerprint density at radius 3 is 2.72 bits per heavy atom. The monoisotopic (exact) mass is 271 g/mol. The normalized spacial score (nSPS) is 22.7. The summed E-state index contributed by atoms with van der Waals surface area (Å²) in [6.45, 7) is 2.39. The van der Waals surface area contributed by atoms with Crippen LogP contribution < -0.4 is 5.32 Å². The second kappa shape index (κ2) is 6.80. The fourth-order valence-electron chi connectivity index (χ4n) is 2.64. The predicted octanol–water partition coefficient (Wildman–Crippen LogP) is 2.45. The number of ether oxygens (including phenoxy) is 1. The molecule has 4 heteroatoms. The lowest BCUT2D eigenvalue weighted by Gasteiger charge is -2.22. The highest BCUT2D eigenvalue weighted by Gasteiger charge is 2.44. The smallest absolute Gasteiger partial charge is 0.306 e. The maximum atomic E-state index is 11.3. The number of carbonyl (C=O) groups excluding carboxylic acids is 1. The molecule has 3 nitrogen and oxygen atoms in total. The van der Waals surface area contributed by atoms with Gasteiger partial charge < -0.3 is 10.1 Å². The molecule has 0 aromatic heterocycles. The molecule has 104 valence electrons. The van der Waals surface area contributed by atoms with Crippen molar-refractivity contribution in [2.24, 2.45) is 11.3 Å². The minimum atomic E-state index is -0.0357. The summed E-state index contributed by atoms with van der Waals surface area (Å²) < 4.78 is 4.77. The van der Waals surface area contributed by atoms with Gasteiger partial charge in [-0.05, 0) is 68.0 Å². The molecular weight excluding hydrogens is 246 g/mol. The van der Waals surface area contributed by atoms with Gasteiger partial charge in [0.2, 0.25) is 0 Å². The minimum Gasteiger partial charge on any atom is -0.469 e. The van der Waals surface area contributed by atoms with Crippen molar-refractivity contribution in [3.05, 3.63) is 0 Å². The molecule has 1 N–H and O–H groups in total. The van der Waals surface area contributed by atoms with Crippen LogP contribution >= 0.6 is 11.8 Å². The number of hydrogen-bond acceptors (Lipinski definition) is 4. The Kier molecular flexibility index (Phi) is 5.37. The number of piperidine rings is 1. The number of methoxy groups -OCH3 is 1. The van der Waals surface area contributed by atoms with Gasteiger partial charge in [-0.1, -0.05) is 0 Å². The van der Waals surface area contributed by atoms with Gasteiger partial charge in [0.25, 0.3) is 0 Å². The molecule has 1 heterocycles. The van der Waals surface area contributed by atoms with E-state index in [1.165, 1.54) is 58.1 Å². The van der Waals surface area contributed by atoms with Crippen LogP contribution in [0.1, 0.15) is 38.5 Å². The molecule has 0 spiro atoms. The molecule has 0 aromatic carbocycles. The van der Waals surface area contributed by atoms with Crippen molar-refractivity contribution in [3.8, 4) is 0 Å². The maximum Gasteiger partial charge on any atom is 0.306 e. The summed E-state index contributed by atoms with van der Waals surface area (Å²) in [5.41, 5.74) is 0.298. The first-order valence-corrected chi connectivity index (χ1v) is 8.25. The van der Waals surface area contributed by atoms with Gasteiger partial charge in [-0.15, -0.1) is 0 Å². The lowest BCUT2D eigenvalue weighted by molar-refractivity contribution is -0.141. The molecule has 18 heavy (non-hydrogen) atoms. The Morgan fingerprint density at radius 2 is 2.11 bits per heavy atom. The highest BCUT2D eigenvalue weighted by molar-refractivity contribution is 7.99. The summed E-state index contributed by atoms with van der Waals surface area (Å²) >= 11 is 2.04. The summed E-state index contributed by atoms with van der Waals surface area (Å²) in [6, 6.07) is 0. The van der Waals surface area contributed by atoms with Crippen molar-refractivity contribution >= 4 is 17.7 Å². The van der Waals surface area contributed by atoms with Crippen LogP contribution in [0.25, 0.3) is 0 Å². The van der Waals surface area contributed by atoms with Gasteiger partial charge in [-0.3, -0.25) is 4.79 Å². The fourth-order valence-corrected chi connectivity index (χ4v) is 4.10. The predicted molar refractivity (Wildman–Crippen MR) is 75.8 cm³/mol. The highest BCUT2D eigenvalue weighted by atomic mass is 32.2. The van der Waals surface area contributed by atoms with E-state index in [1.807, 2.05) is 11.8 Å². The van der Waals surface area contributed by atoms with E-state index in [0.717, 1.165) is 11.7 Å². The van der Waals surface area contributed by atoms with Crippen LogP contribution in [0.3, 0.4) is 0 Å². The second-order valence-electron chi connectivity index (χ2n) is 5.79. The summed E-state index contributed by atoms with van der Waals surface area (Å²) in [4.78, 5) is 11.3. The average Bonchev–Trinajstić information content (AvgIpc) is 3.16. The summed E-state index contributed by atoms with van der Waals surface area (Å²) in [6.07, 6.45) is 7.08. The molecule has 1 saturated carbocycles. The first-order valence-electron chi connectivity index (χ1n) is 7.09. The van der Waals surface area contributed by atoms with Gasteiger partial charge in [0.05, 0.1) is 13.5 Å². The van der Waals surface area contributed by atoms with E-state index >= 15 is 0 Å². The lowest BCUT2D eigenvalue weighted by atomic mass is 9.96. The maximum absolute atomic E-state index is 11.3. The molecule has 0 amide bonds. The third-order valence-corrected chi connectivity index (χ3v) is 5.58. The van der Waals surface area contributed by atoms with E-state index in [4.69, 9.17) is 4.74 Å². The van der Waals surface area contributed by atoms with Gasteiger partial charge >= 0.3 is 5.97 Å². The molecule has 1 aliphatic heterocycles. The second-order valence-corrected chi connectivity index (χ2v) is 6.89. The zero-order valence-corrected chi connectivity index (χ0v) is 12.2. The van der Waals surface area contributed by atoms with Crippen LogP contribution in [0.5, 0.6) is 0 Å². The molecule has 2 fully saturated rings. The van der Waals surface area contributed by atoms with Crippen LogP contribution in [0.15, 0.2) is 0 Å². The Hall–Kier alpha value is -0.220. The molecule has 0 unspecified atom stereocenters. The molecule has 0 radical (unpaired) electrons. The molecule has 0 atom stereocenters.